The molecule has 2 aromatic carbocycles. The number of pyridine rings is 1. The van der Waals surface area contributed by atoms with Crippen LogP contribution in [0.15, 0.2) is 73.2 Å². The summed E-state index contributed by atoms with van der Waals surface area (Å²) in [4.78, 5) is 32.3. The van der Waals surface area contributed by atoms with E-state index in [9.17, 15) is 9.18 Å². The normalized spacial score (nSPS) is 11.1. The third-order valence-corrected chi connectivity index (χ3v) is 5.64. The number of halogens is 1. The van der Waals surface area contributed by atoms with Gasteiger partial charge in [0.05, 0.1) is 28.0 Å². The van der Waals surface area contributed by atoms with Crippen LogP contribution < -0.4 is 4.90 Å². The predicted molar refractivity (Wildman–Crippen MR) is 114 cm³/mol. The average Bonchev–Trinajstić information content (AvgIpc) is 3.23. The molecule has 0 aliphatic carbocycles. The summed E-state index contributed by atoms with van der Waals surface area (Å²) in [5, 5.41) is 0.407. The quantitative estimate of drug-likeness (QED) is 0.428. The van der Waals surface area contributed by atoms with Gasteiger partial charge in [-0.1, -0.05) is 23.5 Å². The molecule has 0 spiro atoms. The van der Waals surface area contributed by atoms with Gasteiger partial charge < -0.3 is 0 Å². The van der Waals surface area contributed by atoms with Crippen LogP contribution in [0, 0.1) is 5.82 Å². The molecule has 5 aromatic rings. The molecule has 0 aliphatic heterocycles. The lowest BCUT2D eigenvalue weighted by atomic mass is 10.1. The van der Waals surface area contributed by atoms with Crippen LogP contribution in [0.2, 0.25) is 0 Å². The molecular weight excluding hydrogens is 401 g/mol. The van der Waals surface area contributed by atoms with Crippen molar-refractivity contribution < 1.29 is 9.18 Å². The molecule has 5 rings (SSSR count). The van der Waals surface area contributed by atoms with Gasteiger partial charge in [0.15, 0.2) is 5.13 Å². The van der Waals surface area contributed by atoms with Crippen LogP contribution in [0.3, 0.4) is 0 Å². The molecule has 1 amide bonds. The van der Waals surface area contributed by atoms with Crippen LogP contribution >= 0.6 is 11.3 Å². The third-order valence-electron chi connectivity index (χ3n) is 4.60. The highest BCUT2D eigenvalue weighted by Gasteiger charge is 2.23. The summed E-state index contributed by atoms with van der Waals surface area (Å²) in [6, 6.07) is 15.4. The minimum atomic E-state index is -0.416. The first-order valence-corrected chi connectivity index (χ1v) is 9.98. The number of amides is 1. The monoisotopic (exact) mass is 415 g/mol. The van der Waals surface area contributed by atoms with Crippen LogP contribution in [0.4, 0.5) is 9.52 Å². The van der Waals surface area contributed by atoms with Gasteiger partial charge >= 0.3 is 0 Å². The van der Waals surface area contributed by atoms with Crippen molar-refractivity contribution in [2.45, 2.75) is 6.54 Å². The van der Waals surface area contributed by atoms with Crippen LogP contribution in [0.1, 0.15) is 16.1 Å². The molecule has 0 atom stereocenters. The molecule has 0 fully saturated rings. The first-order valence-electron chi connectivity index (χ1n) is 9.17. The first kappa shape index (κ1) is 18.3. The lowest BCUT2D eigenvalue weighted by Gasteiger charge is -2.19. The van der Waals surface area contributed by atoms with Gasteiger partial charge in [-0.05, 0) is 42.5 Å². The highest BCUT2D eigenvalue weighted by Crippen LogP contribution is 2.32. The Hall–Kier alpha value is -3.78. The van der Waals surface area contributed by atoms with Gasteiger partial charge in [-0.3, -0.25) is 24.6 Å². The number of carbonyl (C=O) groups excluding carboxylic acids is 1. The van der Waals surface area contributed by atoms with E-state index in [0.717, 1.165) is 0 Å². The minimum absolute atomic E-state index is 0.208. The number of para-hydroxylation sites is 1. The molecule has 0 aliphatic rings. The second kappa shape index (κ2) is 7.57. The molecule has 6 nitrogen and oxygen atoms in total. The van der Waals surface area contributed by atoms with Crippen LogP contribution in [0.5, 0.6) is 0 Å². The van der Waals surface area contributed by atoms with Crippen molar-refractivity contribution in [1.82, 2.24) is 19.9 Å². The van der Waals surface area contributed by atoms with Crippen molar-refractivity contribution >= 4 is 43.6 Å². The van der Waals surface area contributed by atoms with Gasteiger partial charge in [-0.15, -0.1) is 0 Å². The maximum Gasteiger partial charge on any atom is 0.260 e. The fourth-order valence-electron chi connectivity index (χ4n) is 3.15. The Bertz CT molecular complexity index is 1370. The van der Waals surface area contributed by atoms with Crippen molar-refractivity contribution in [1.29, 1.82) is 0 Å². The second-order valence-corrected chi connectivity index (χ2v) is 7.56. The molecular formula is C22H14FN5OS. The third kappa shape index (κ3) is 3.37. The van der Waals surface area contributed by atoms with E-state index in [0.29, 0.717) is 32.1 Å². The Morgan fingerprint density at radius 2 is 1.80 bits per heavy atom. The average molecular weight is 415 g/mol. The van der Waals surface area contributed by atoms with E-state index in [-0.39, 0.29) is 18.0 Å². The van der Waals surface area contributed by atoms with E-state index < -0.39 is 5.82 Å². The largest absolute Gasteiger partial charge is 0.278 e. The number of fused-ring (bicyclic) bond motifs is 2. The van der Waals surface area contributed by atoms with E-state index in [2.05, 4.69) is 19.9 Å². The summed E-state index contributed by atoms with van der Waals surface area (Å²) in [5.41, 5.74) is 2.72. The number of aromatic nitrogens is 4. The number of thiazole rings is 1. The number of rotatable bonds is 4. The number of benzene rings is 2. The fourth-order valence-corrected chi connectivity index (χ4v) is 4.13. The van der Waals surface area contributed by atoms with Crippen molar-refractivity contribution in [2.75, 3.05) is 4.90 Å². The lowest BCUT2D eigenvalue weighted by molar-refractivity contribution is 0.0985. The topological polar surface area (TPSA) is 71.9 Å². The number of carbonyl (C=O) groups is 1. The molecule has 0 saturated carbocycles. The van der Waals surface area contributed by atoms with E-state index in [1.165, 1.54) is 22.3 Å². The SMILES string of the molecule is O=C(c1ccc2nccnc2c1)N(Cc1ccccn1)c1nc2c(F)cccc2s1. The van der Waals surface area contributed by atoms with Crippen molar-refractivity contribution in [3.63, 3.8) is 0 Å². The molecule has 3 aromatic heterocycles. The maximum atomic E-state index is 14.2. The van der Waals surface area contributed by atoms with Crippen molar-refractivity contribution in [3.8, 4) is 0 Å². The summed E-state index contributed by atoms with van der Waals surface area (Å²) in [5.74, 6) is -0.686. The van der Waals surface area contributed by atoms with E-state index in [1.807, 2.05) is 18.2 Å². The Labute approximate surface area is 174 Å². The summed E-state index contributed by atoms with van der Waals surface area (Å²) in [6.07, 6.45) is 4.85. The second-order valence-electron chi connectivity index (χ2n) is 6.56. The lowest BCUT2D eigenvalue weighted by Crippen LogP contribution is -2.30. The number of hydrogen-bond donors (Lipinski definition) is 0. The van der Waals surface area contributed by atoms with E-state index >= 15 is 0 Å². The smallest absolute Gasteiger partial charge is 0.260 e. The van der Waals surface area contributed by atoms with Gasteiger partial charge in [0.2, 0.25) is 0 Å². The highest BCUT2D eigenvalue weighted by molar-refractivity contribution is 7.22. The van der Waals surface area contributed by atoms with Gasteiger partial charge in [-0.25, -0.2) is 9.37 Å². The Kier molecular flexibility index (Phi) is 4.61. The maximum absolute atomic E-state index is 14.2. The molecule has 0 N–H and O–H groups in total. The molecule has 0 unspecified atom stereocenters. The summed E-state index contributed by atoms with van der Waals surface area (Å²) < 4.78 is 14.9. The Morgan fingerprint density at radius 1 is 0.933 bits per heavy atom. The zero-order valence-electron chi connectivity index (χ0n) is 15.6. The van der Waals surface area contributed by atoms with Crippen molar-refractivity contribution in [3.05, 3.63) is 90.3 Å². The van der Waals surface area contributed by atoms with E-state index in [1.54, 1.807) is 48.9 Å². The van der Waals surface area contributed by atoms with Gasteiger partial charge in [-0.2, -0.15) is 0 Å². The van der Waals surface area contributed by atoms with Crippen LogP contribution in [-0.2, 0) is 6.54 Å². The van der Waals surface area contributed by atoms with Crippen LogP contribution in [-0.4, -0.2) is 25.8 Å². The van der Waals surface area contributed by atoms with Gasteiger partial charge in [0.25, 0.3) is 5.91 Å². The number of anilines is 1. The van der Waals surface area contributed by atoms with Gasteiger partial charge in [0.1, 0.15) is 11.3 Å². The van der Waals surface area contributed by atoms with Crippen molar-refractivity contribution in [2.24, 2.45) is 0 Å². The molecule has 0 saturated heterocycles. The fraction of sp³-hybridized carbons (Fsp3) is 0.0455. The summed E-state index contributed by atoms with van der Waals surface area (Å²) >= 11 is 1.26. The number of hydrogen-bond acceptors (Lipinski definition) is 6. The minimum Gasteiger partial charge on any atom is -0.278 e. The molecule has 0 radical (unpaired) electrons. The van der Waals surface area contributed by atoms with Gasteiger partial charge in [0, 0.05) is 24.2 Å². The zero-order valence-corrected chi connectivity index (χ0v) is 16.4. The van der Waals surface area contributed by atoms with E-state index in [4.69, 9.17) is 0 Å². The summed E-state index contributed by atoms with van der Waals surface area (Å²) in [6.45, 7) is 0.208. The predicted octanol–water partition coefficient (Wildman–Crippen LogP) is 4.62. The molecule has 0 bridgehead atoms. The molecule has 30 heavy (non-hydrogen) atoms. The van der Waals surface area contributed by atoms with Crippen LogP contribution in [0.25, 0.3) is 21.3 Å². The Morgan fingerprint density at radius 3 is 2.60 bits per heavy atom. The highest BCUT2D eigenvalue weighted by atomic mass is 32.1. The molecule has 8 heteroatoms. The zero-order chi connectivity index (χ0) is 20.5. The number of nitrogens with zero attached hydrogens (tertiary/aromatic N) is 5. The Balaban J connectivity index is 1.60. The first-order chi connectivity index (χ1) is 14.7. The molecule has 146 valence electrons. The summed E-state index contributed by atoms with van der Waals surface area (Å²) in [7, 11) is 0. The molecule has 3 heterocycles. The standard InChI is InChI=1S/C22H14FN5OS/c23-16-5-3-6-19-20(16)27-22(30-19)28(13-15-4-1-2-9-24-15)21(29)14-7-8-17-18(12-14)26-11-10-25-17/h1-12H,13H2.